The number of rotatable bonds is 10. The van der Waals surface area contributed by atoms with Crippen molar-refractivity contribution in [3.8, 4) is 33.5 Å². The average Bonchev–Trinajstić information content (AvgIpc) is 4.15. The van der Waals surface area contributed by atoms with Crippen molar-refractivity contribution in [2.45, 2.75) is 95.9 Å². The van der Waals surface area contributed by atoms with Gasteiger partial charge in [-0.1, -0.05) is 58.0 Å². The minimum Gasteiger partial charge on any atom is -0.453 e. The van der Waals surface area contributed by atoms with Crippen LogP contribution < -0.4 is 10.6 Å². The standard InChI is InChI=1S/C47H52F2N8O6/c1-23(2)38(54-45(60)62-5)43(58)56-17-7-8-37(56)41-50-22-36(53-41)27-11-15-31-30-14-10-25(19-32(30)47(48,49)33(31)20-27)26-12-16-34-35(21-26)52-42(51-34)40-28-9-13-29(18-28)57(40)44(59)39(24(3)4)55-46(61)63-6/h10-12,14-16,19-24,28-29,37-40H,7-9,13,17-18H2,1-6H3,(H,50,53)(H,51,52)(H,54,60)(H,55,61)/t28-,29+,37?,38-,39-,40-/m0/s1. The van der Waals surface area contributed by atoms with Crippen LogP contribution >= 0.6 is 0 Å². The molecule has 4 aliphatic rings. The number of alkyl halides is 2. The normalized spacial score (nSPS) is 21.7. The summed E-state index contributed by atoms with van der Waals surface area (Å²) in [4.78, 5) is 71.8. The van der Waals surface area contributed by atoms with Crippen LogP contribution in [0.2, 0.25) is 0 Å². The molecule has 4 amide bonds. The molecular weight excluding hydrogens is 811 g/mol. The van der Waals surface area contributed by atoms with Crippen molar-refractivity contribution >= 4 is 35.0 Å². The molecule has 16 heteroatoms. The van der Waals surface area contributed by atoms with Crippen molar-refractivity contribution in [3.05, 3.63) is 83.6 Å². The van der Waals surface area contributed by atoms with E-state index in [4.69, 9.17) is 14.5 Å². The van der Waals surface area contributed by atoms with E-state index in [1.165, 1.54) is 20.3 Å². The molecule has 3 aromatic carbocycles. The summed E-state index contributed by atoms with van der Waals surface area (Å²) >= 11 is 0. The van der Waals surface area contributed by atoms with Crippen molar-refractivity contribution in [3.63, 3.8) is 0 Å². The number of benzene rings is 3. The summed E-state index contributed by atoms with van der Waals surface area (Å²) in [6.45, 7) is 7.98. The Labute approximate surface area is 363 Å². The largest absolute Gasteiger partial charge is 0.453 e. The van der Waals surface area contributed by atoms with Gasteiger partial charge in [0.05, 0.1) is 49.2 Å². The predicted molar refractivity (Wildman–Crippen MR) is 230 cm³/mol. The van der Waals surface area contributed by atoms with Gasteiger partial charge in [0.25, 0.3) is 5.92 Å². The van der Waals surface area contributed by atoms with E-state index in [2.05, 4.69) is 25.6 Å². The zero-order valence-electron chi connectivity index (χ0n) is 36.1. The van der Waals surface area contributed by atoms with Crippen LogP contribution in [0.1, 0.15) is 94.7 Å². The number of nitrogens with one attached hydrogen (secondary N) is 4. The number of aromatic amines is 2. The van der Waals surface area contributed by atoms with Crippen LogP contribution in [0.3, 0.4) is 0 Å². The molecule has 2 aliphatic carbocycles. The van der Waals surface area contributed by atoms with Gasteiger partial charge in [0.2, 0.25) is 11.8 Å². The predicted octanol–water partition coefficient (Wildman–Crippen LogP) is 8.22. The molecule has 5 aromatic rings. The number of carbonyl (C=O) groups is 4. The minimum atomic E-state index is -3.29. The van der Waals surface area contributed by atoms with Crippen LogP contribution in [-0.2, 0) is 25.0 Å². The summed E-state index contributed by atoms with van der Waals surface area (Å²) in [5.41, 5.74) is 4.62. The van der Waals surface area contributed by atoms with E-state index in [1.807, 2.05) is 56.9 Å². The molecule has 4 heterocycles. The highest BCUT2D eigenvalue weighted by atomic mass is 19.3. The maximum Gasteiger partial charge on any atom is 0.407 e. The lowest BCUT2D eigenvalue weighted by Crippen LogP contribution is -2.54. The molecule has 0 spiro atoms. The molecule has 63 heavy (non-hydrogen) atoms. The Morgan fingerprint density at radius 3 is 2.06 bits per heavy atom. The highest BCUT2D eigenvalue weighted by Gasteiger charge is 2.52. The van der Waals surface area contributed by atoms with Crippen LogP contribution in [0.5, 0.6) is 0 Å². The zero-order chi connectivity index (χ0) is 44.5. The van der Waals surface area contributed by atoms with Gasteiger partial charge in [-0.2, -0.15) is 8.78 Å². The quantitative estimate of drug-likeness (QED) is 0.109. The molecule has 2 saturated heterocycles. The van der Waals surface area contributed by atoms with Crippen LogP contribution in [0.15, 0.2) is 60.8 Å². The van der Waals surface area contributed by atoms with E-state index in [0.717, 1.165) is 36.8 Å². The lowest BCUT2D eigenvalue weighted by Gasteiger charge is -2.37. The smallest absolute Gasteiger partial charge is 0.407 e. The highest BCUT2D eigenvalue weighted by Crippen LogP contribution is 2.53. The van der Waals surface area contributed by atoms with Gasteiger partial charge < -0.3 is 39.9 Å². The Bertz CT molecular complexity index is 2620. The lowest BCUT2D eigenvalue weighted by atomic mass is 9.95. The first-order chi connectivity index (χ1) is 30.2. The van der Waals surface area contributed by atoms with E-state index >= 15 is 8.78 Å². The summed E-state index contributed by atoms with van der Waals surface area (Å²) in [5.74, 6) is -2.59. The minimum absolute atomic E-state index is 0.0456. The summed E-state index contributed by atoms with van der Waals surface area (Å²) in [6, 6.07) is 13.7. The number of H-pyrrole nitrogens is 2. The van der Waals surface area contributed by atoms with Gasteiger partial charge >= 0.3 is 12.2 Å². The summed E-state index contributed by atoms with van der Waals surface area (Å²) in [7, 11) is 2.53. The number of likely N-dealkylation sites (tertiary alicyclic amines) is 2. The van der Waals surface area contributed by atoms with Crippen LogP contribution in [-0.4, -0.2) is 92.6 Å². The number of hydrogen-bond acceptors (Lipinski definition) is 8. The molecule has 6 atom stereocenters. The second kappa shape index (κ2) is 16.1. The molecule has 4 N–H and O–H groups in total. The molecule has 1 unspecified atom stereocenters. The first-order valence-electron chi connectivity index (χ1n) is 21.7. The van der Waals surface area contributed by atoms with E-state index in [9.17, 15) is 19.2 Å². The number of carbonyl (C=O) groups excluding carboxylic acids is 4. The van der Waals surface area contributed by atoms with Gasteiger partial charge in [0, 0.05) is 29.3 Å². The topological polar surface area (TPSA) is 175 Å². The Kier molecular flexibility index (Phi) is 10.7. The third-order valence-electron chi connectivity index (χ3n) is 13.5. The Morgan fingerprint density at radius 1 is 0.778 bits per heavy atom. The summed E-state index contributed by atoms with van der Waals surface area (Å²) in [5, 5.41) is 5.38. The van der Waals surface area contributed by atoms with E-state index in [-0.39, 0.29) is 58.8 Å². The van der Waals surface area contributed by atoms with Gasteiger partial charge in [-0.25, -0.2) is 19.6 Å². The maximum absolute atomic E-state index is 16.6. The number of piperidine rings is 1. The number of aromatic nitrogens is 4. The van der Waals surface area contributed by atoms with Crippen molar-refractivity contribution < 1.29 is 37.4 Å². The molecular formula is C47H52F2N8O6. The first-order valence-corrected chi connectivity index (χ1v) is 21.7. The van der Waals surface area contributed by atoms with Gasteiger partial charge in [-0.05, 0) is 96.4 Å². The van der Waals surface area contributed by atoms with Gasteiger partial charge in [0.1, 0.15) is 23.7 Å². The molecule has 2 aromatic heterocycles. The van der Waals surface area contributed by atoms with Gasteiger partial charge in [-0.15, -0.1) is 0 Å². The SMILES string of the molecule is COC(=O)N[C@H](C(=O)N1CCCC1c1ncc(-c2ccc3c(c2)C(F)(F)c2cc(-c4ccc5nc([C@@H]6[C@H]7CC[C@H](C7)N6C(=O)[C@@H](NC(=O)OC)C(C)C)[nH]c5c4)ccc2-3)[nH]1)C(C)C. The second-order valence-corrected chi connectivity index (χ2v) is 18.0. The van der Waals surface area contributed by atoms with Crippen molar-refractivity contribution in [2.24, 2.45) is 17.8 Å². The van der Waals surface area contributed by atoms with Crippen molar-refractivity contribution in [1.82, 2.24) is 40.4 Å². The molecule has 1 saturated carbocycles. The Balaban J connectivity index is 0.952. The fraction of sp³-hybridized carbons (Fsp3) is 0.447. The first kappa shape index (κ1) is 42.0. The van der Waals surface area contributed by atoms with E-state index in [0.29, 0.717) is 58.1 Å². The maximum atomic E-state index is 16.6. The number of fused-ring (bicyclic) bond motifs is 6. The average molecular weight is 863 g/mol. The number of nitrogens with zero attached hydrogens (tertiary/aromatic N) is 4. The van der Waals surface area contributed by atoms with E-state index in [1.54, 1.807) is 35.4 Å². The second-order valence-electron chi connectivity index (χ2n) is 18.0. The fourth-order valence-electron chi connectivity index (χ4n) is 10.3. The molecule has 2 bridgehead atoms. The molecule has 14 nitrogen and oxygen atoms in total. The number of alkyl carbamates (subject to hydrolysis) is 2. The number of ether oxygens (including phenoxy) is 2. The Hall–Kier alpha value is -6.32. The monoisotopic (exact) mass is 862 g/mol. The van der Waals surface area contributed by atoms with Crippen molar-refractivity contribution in [1.29, 1.82) is 0 Å². The van der Waals surface area contributed by atoms with Crippen LogP contribution in [0, 0.1) is 17.8 Å². The summed E-state index contributed by atoms with van der Waals surface area (Å²) < 4.78 is 42.7. The number of hydrogen-bond donors (Lipinski definition) is 4. The number of imidazole rings is 2. The number of amides is 4. The summed E-state index contributed by atoms with van der Waals surface area (Å²) in [6.07, 6.45) is 4.39. The molecule has 0 radical (unpaired) electrons. The van der Waals surface area contributed by atoms with E-state index < -0.39 is 30.2 Å². The molecule has 3 fully saturated rings. The fourth-order valence-corrected chi connectivity index (χ4v) is 10.3. The van der Waals surface area contributed by atoms with Crippen molar-refractivity contribution in [2.75, 3.05) is 20.8 Å². The van der Waals surface area contributed by atoms with Crippen LogP contribution in [0.25, 0.3) is 44.5 Å². The van der Waals surface area contributed by atoms with Gasteiger partial charge in [0.15, 0.2) is 0 Å². The highest BCUT2D eigenvalue weighted by molar-refractivity contribution is 5.89. The molecule has 2 aliphatic heterocycles. The van der Waals surface area contributed by atoms with Crippen LogP contribution in [0.4, 0.5) is 18.4 Å². The third-order valence-corrected chi connectivity index (χ3v) is 13.5. The third kappa shape index (κ3) is 7.26. The molecule has 330 valence electrons. The Morgan fingerprint density at radius 2 is 1.40 bits per heavy atom. The number of halogens is 2. The molecule has 9 rings (SSSR count). The number of methoxy groups -OCH3 is 2. The zero-order valence-corrected chi connectivity index (χ0v) is 36.1. The van der Waals surface area contributed by atoms with Gasteiger partial charge in [-0.3, -0.25) is 9.59 Å². The lowest BCUT2D eigenvalue weighted by molar-refractivity contribution is -0.139.